The Hall–Kier alpha value is -2.05. The van der Waals surface area contributed by atoms with Crippen molar-refractivity contribution in [3.05, 3.63) is 12.7 Å². The number of hydrogen-bond acceptors (Lipinski definition) is 3. The molecule has 7 nitrogen and oxygen atoms in total. The van der Waals surface area contributed by atoms with E-state index in [1.54, 1.807) is 7.05 Å². The number of nitrogens with zero attached hydrogens (tertiary/aromatic N) is 3. The topological polar surface area (TPSA) is 77.0 Å². The normalized spacial score (nSPS) is 15.3. The SMILES string of the molecule is C=CCCCN(C)C(=NC)NCCN1C(=O)CNC1=O. The first kappa shape index (κ1) is 16.0. The van der Waals surface area contributed by atoms with Crippen molar-refractivity contribution in [2.75, 3.05) is 40.3 Å². The van der Waals surface area contributed by atoms with Crippen molar-refractivity contribution in [1.29, 1.82) is 0 Å². The second-order valence-corrected chi connectivity index (χ2v) is 4.53. The number of nitrogens with one attached hydrogen (secondary N) is 2. The third kappa shape index (κ3) is 4.56. The second-order valence-electron chi connectivity index (χ2n) is 4.53. The summed E-state index contributed by atoms with van der Waals surface area (Å²) < 4.78 is 0. The number of aliphatic imine (C=N–C) groups is 1. The molecule has 20 heavy (non-hydrogen) atoms. The van der Waals surface area contributed by atoms with Gasteiger partial charge in [-0.3, -0.25) is 14.7 Å². The fourth-order valence-corrected chi connectivity index (χ4v) is 1.92. The van der Waals surface area contributed by atoms with Crippen LogP contribution in [-0.4, -0.2) is 68.0 Å². The summed E-state index contributed by atoms with van der Waals surface area (Å²) in [6, 6.07) is -0.328. The van der Waals surface area contributed by atoms with Crippen molar-refractivity contribution in [2.24, 2.45) is 4.99 Å². The van der Waals surface area contributed by atoms with Gasteiger partial charge < -0.3 is 15.5 Å². The predicted octanol–water partition coefficient (Wildman–Crippen LogP) is 0.0116. The molecule has 1 rings (SSSR count). The van der Waals surface area contributed by atoms with E-state index in [0.29, 0.717) is 13.1 Å². The molecule has 1 heterocycles. The van der Waals surface area contributed by atoms with Crippen molar-refractivity contribution in [3.63, 3.8) is 0 Å². The molecule has 2 N–H and O–H groups in total. The van der Waals surface area contributed by atoms with E-state index in [4.69, 9.17) is 0 Å². The molecule has 0 unspecified atom stereocenters. The Morgan fingerprint density at radius 3 is 2.90 bits per heavy atom. The van der Waals surface area contributed by atoms with Crippen LogP contribution in [0.5, 0.6) is 0 Å². The predicted molar refractivity (Wildman–Crippen MR) is 78.5 cm³/mol. The quantitative estimate of drug-likeness (QED) is 0.227. The number of guanidine groups is 1. The first-order valence-electron chi connectivity index (χ1n) is 6.71. The summed E-state index contributed by atoms with van der Waals surface area (Å²) in [6.07, 6.45) is 3.86. The molecule has 1 aliphatic heterocycles. The molecule has 0 aromatic carbocycles. The Labute approximate surface area is 119 Å². The van der Waals surface area contributed by atoms with E-state index >= 15 is 0 Å². The van der Waals surface area contributed by atoms with Gasteiger partial charge in [0.25, 0.3) is 0 Å². The first-order valence-corrected chi connectivity index (χ1v) is 6.71. The minimum absolute atomic E-state index is 0.0923. The third-order valence-electron chi connectivity index (χ3n) is 3.03. The number of amides is 3. The lowest BCUT2D eigenvalue weighted by atomic mass is 10.3. The van der Waals surface area contributed by atoms with Crippen LogP contribution in [0.15, 0.2) is 17.6 Å². The maximum Gasteiger partial charge on any atom is 0.324 e. The minimum atomic E-state index is -0.328. The average Bonchev–Trinajstić information content (AvgIpc) is 2.75. The Bertz CT molecular complexity index is 378. The van der Waals surface area contributed by atoms with Gasteiger partial charge in [-0.2, -0.15) is 0 Å². The van der Waals surface area contributed by atoms with Crippen molar-refractivity contribution < 1.29 is 9.59 Å². The van der Waals surface area contributed by atoms with Crippen LogP contribution in [0.25, 0.3) is 0 Å². The minimum Gasteiger partial charge on any atom is -0.354 e. The Morgan fingerprint density at radius 2 is 2.35 bits per heavy atom. The number of unbranched alkanes of at least 4 members (excludes halogenated alkanes) is 1. The molecular formula is C13H23N5O2. The van der Waals surface area contributed by atoms with Gasteiger partial charge in [0.2, 0.25) is 5.91 Å². The van der Waals surface area contributed by atoms with E-state index in [-0.39, 0.29) is 18.5 Å². The first-order chi connectivity index (χ1) is 9.60. The highest BCUT2D eigenvalue weighted by atomic mass is 16.2. The molecule has 112 valence electrons. The molecular weight excluding hydrogens is 258 g/mol. The monoisotopic (exact) mass is 281 g/mol. The Morgan fingerprint density at radius 1 is 1.60 bits per heavy atom. The fourth-order valence-electron chi connectivity index (χ4n) is 1.92. The molecule has 0 spiro atoms. The van der Waals surface area contributed by atoms with Crippen LogP contribution in [0.2, 0.25) is 0 Å². The number of hydrogen-bond donors (Lipinski definition) is 2. The van der Waals surface area contributed by atoms with Crippen molar-refractivity contribution >= 4 is 17.9 Å². The van der Waals surface area contributed by atoms with E-state index in [1.165, 1.54) is 4.90 Å². The lowest BCUT2D eigenvalue weighted by Gasteiger charge is -2.22. The lowest BCUT2D eigenvalue weighted by Crippen LogP contribution is -2.44. The molecule has 0 bridgehead atoms. The molecule has 3 amide bonds. The van der Waals surface area contributed by atoms with Gasteiger partial charge in [-0.1, -0.05) is 6.08 Å². The van der Waals surface area contributed by atoms with Crippen molar-refractivity contribution in [1.82, 2.24) is 20.4 Å². The highest BCUT2D eigenvalue weighted by Crippen LogP contribution is 1.98. The molecule has 1 fully saturated rings. The van der Waals surface area contributed by atoms with Gasteiger partial charge >= 0.3 is 6.03 Å². The molecule has 7 heteroatoms. The van der Waals surface area contributed by atoms with Gasteiger partial charge in [0, 0.05) is 33.7 Å². The highest BCUT2D eigenvalue weighted by Gasteiger charge is 2.27. The summed E-state index contributed by atoms with van der Waals surface area (Å²) in [5.74, 6) is 0.562. The van der Waals surface area contributed by atoms with Gasteiger partial charge in [0.1, 0.15) is 0 Å². The van der Waals surface area contributed by atoms with Gasteiger partial charge in [-0.05, 0) is 12.8 Å². The van der Waals surface area contributed by atoms with Crippen LogP contribution in [-0.2, 0) is 4.79 Å². The third-order valence-corrected chi connectivity index (χ3v) is 3.03. The highest BCUT2D eigenvalue weighted by molar-refractivity contribution is 6.01. The number of rotatable bonds is 7. The maximum atomic E-state index is 11.4. The zero-order valence-electron chi connectivity index (χ0n) is 12.2. The van der Waals surface area contributed by atoms with E-state index < -0.39 is 0 Å². The average molecular weight is 281 g/mol. The van der Waals surface area contributed by atoms with Gasteiger partial charge in [0.15, 0.2) is 5.96 Å². The van der Waals surface area contributed by atoms with E-state index in [0.717, 1.165) is 25.3 Å². The van der Waals surface area contributed by atoms with Gasteiger partial charge in [-0.15, -0.1) is 6.58 Å². The van der Waals surface area contributed by atoms with Crippen LogP contribution in [0, 0.1) is 0 Å². The molecule has 1 aliphatic rings. The molecule has 0 saturated carbocycles. The van der Waals surface area contributed by atoms with Crippen LogP contribution < -0.4 is 10.6 Å². The summed E-state index contributed by atoms with van der Waals surface area (Å²) in [7, 11) is 3.66. The van der Waals surface area contributed by atoms with Crippen molar-refractivity contribution in [2.45, 2.75) is 12.8 Å². The van der Waals surface area contributed by atoms with Gasteiger partial charge in [-0.25, -0.2) is 4.79 Å². The number of carbonyl (C=O) groups excluding carboxylic acids is 2. The molecule has 0 aromatic rings. The number of allylic oxidation sites excluding steroid dienone is 1. The van der Waals surface area contributed by atoms with Gasteiger partial charge in [0.05, 0.1) is 6.54 Å². The van der Waals surface area contributed by atoms with Crippen molar-refractivity contribution in [3.8, 4) is 0 Å². The van der Waals surface area contributed by atoms with E-state index in [1.807, 2.05) is 18.0 Å². The Kier molecular flexibility index (Phi) is 6.55. The van der Waals surface area contributed by atoms with Crippen LogP contribution >= 0.6 is 0 Å². The second kappa shape index (κ2) is 8.19. The standard InChI is InChI=1S/C13H23N5O2/c1-4-5-6-8-17(3)12(14-2)15-7-9-18-11(19)10-16-13(18)20/h4H,1,5-10H2,2-3H3,(H,14,15)(H,16,20). The fraction of sp³-hybridized carbons (Fsp3) is 0.615. The van der Waals surface area contributed by atoms with Crippen LogP contribution in [0.3, 0.4) is 0 Å². The summed E-state index contributed by atoms with van der Waals surface area (Å²) >= 11 is 0. The summed E-state index contributed by atoms with van der Waals surface area (Å²) in [4.78, 5) is 30.1. The van der Waals surface area contributed by atoms with Crippen LogP contribution in [0.1, 0.15) is 12.8 Å². The summed E-state index contributed by atoms with van der Waals surface area (Å²) in [5.41, 5.74) is 0. The Balaban J connectivity index is 2.32. The zero-order chi connectivity index (χ0) is 15.0. The summed E-state index contributed by atoms with van der Waals surface area (Å²) in [6.45, 7) is 5.47. The zero-order valence-corrected chi connectivity index (χ0v) is 12.2. The molecule has 0 atom stereocenters. The molecule has 0 radical (unpaired) electrons. The largest absolute Gasteiger partial charge is 0.354 e. The van der Waals surface area contributed by atoms with E-state index in [9.17, 15) is 9.59 Å². The number of carbonyl (C=O) groups is 2. The summed E-state index contributed by atoms with van der Waals surface area (Å²) in [5, 5.41) is 5.63. The lowest BCUT2D eigenvalue weighted by molar-refractivity contribution is -0.124. The van der Waals surface area contributed by atoms with Crippen LogP contribution in [0.4, 0.5) is 4.79 Å². The molecule has 1 saturated heterocycles. The molecule has 0 aromatic heterocycles. The van der Waals surface area contributed by atoms with E-state index in [2.05, 4.69) is 22.2 Å². The molecule has 0 aliphatic carbocycles. The maximum absolute atomic E-state index is 11.4. The number of urea groups is 1. The number of imide groups is 1. The smallest absolute Gasteiger partial charge is 0.324 e.